The molecule has 9 heteroatoms. The van der Waals surface area contributed by atoms with Crippen LogP contribution in [0.25, 0.3) is 11.8 Å². The van der Waals surface area contributed by atoms with E-state index < -0.39 is 11.8 Å². The SMILES string of the molecule is Cc1c(Cl)cccc1N1C(=O)/C(=C/c2cc(C)n(-c3ccc(OCc4ccccc4F)cc3)c2C)C(=O)NC1=S. The highest BCUT2D eigenvalue weighted by atomic mass is 35.5. The number of amides is 2. The molecule has 1 aromatic heterocycles. The molecule has 3 aromatic carbocycles. The number of anilines is 1. The van der Waals surface area contributed by atoms with Crippen molar-refractivity contribution in [3.8, 4) is 11.4 Å². The minimum Gasteiger partial charge on any atom is -0.489 e. The summed E-state index contributed by atoms with van der Waals surface area (Å²) in [7, 11) is 0. The Hall–Kier alpha value is -4.27. The number of nitrogens with zero attached hydrogens (tertiary/aromatic N) is 2. The van der Waals surface area contributed by atoms with Crippen LogP contribution in [0.2, 0.25) is 5.02 Å². The number of carbonyl (C=O) groups excluding carboxylic acids is 2. The first-order chi connectivity index (χ1) is 19.2. The van der Waals surface area contributed by atoms with Gasteiger partial charge >= 0.3 is 0 Å². The molecule has 2 amide bonds. The molecule has 0 unspecified atom stereocenters. The molecule has 1 aliphatic rings. The van der Waals surface area contributed by atoms with Crippen LogP contribution in [-0.4, -0.2) is 21.5 Å². The average molecular weight is 574 g/mol. The largest absolute Gasteiger partial charge is 0.489 e. The zero-order valence-corrected chi connectivity index (χ0v) is 23.6. The van der Waals surface area contributed by atoms with Crippen LogP contribution in [0.15, 0.2) is 78.4 Å². The summed E-state index contributed by atoms with van der Waals surface area (Å²) in [5.41, 5.74) is 4.96. The number of ether oxygens (including phenoxy) is 1. The molecule has 1 aliphatic heterocycles. The van der Waals surface area contributed by atoms with E-state index in [0.717, 1.165) is 17.1 Å². The number of benzene rings is 3. The molecule has 40 heavy (non-hydrogen) atoms. The van der Waals surface area contributed by atoms with Crippen LogP contribution in [0.4, 0.5) is 10.1 Å². The summed E-state index contributed by atoms with van der Waals surface area (Å²) < 4.78 is 21.7. The molecule has 5 rings (SSSR count). The van der Waals surface area contributed by atoms with Gasteiger partial charge in [-0.1, -0.05) is 35.9 Å². The van der Waals surface area contributed by atoms with E-state index in [9.17, 15) is 14.0 Å². The molecular weight excluding hydrogens is 549 g/mol. The lowest BCUT2D eigenvalue weighted by molar-refractivity contribution is -0.122. The Morgan fingerprint density at radius 3 is 2.45 bits per heavy atom. The summed E-state index contributed by atoms with van der Waals surface area (Å²) in [5, 5.41) is 3.11. The monoisotopic (exact) mass is 573 g/mol. The Morgan fingerprint density at radius 1 is 1.00 bits per heavy atom. The number of hydrogen-bond acceptors (Lipinski definition) is 4. The molecule has 6 nitrogen and oxygen atoms in total. The van der Waals surface area contributed by atoms with E-state index >= 15 is 0 Å². The van der Waals surface area contributed by atoms with Gasteiger partial charge in [-0.25, -0.2) is 4.39 Å². The molecule has 2 heterocycles. The van der Waals surface area contributed by atoms with Crippen molar-refractivity contribution in [1.82, 2.24) is 9.88 Å². The summed E-state index contributed by atoms with van der Waals surface area (Å²) in [6.07, 6.45) is 1.58. The van der Waals surface area contributed by atoms with Crippen molar-refractivity contribution < 1.29 is 18.7 Å². The van der Waals surface area contributed by atoms with Crippen molar-refractivity contribution in [3.63, 3.8) is 0 Å². The van der Waals surface area contributed by atoms with Crippen LogP contribution in [-0.2, 0) is 16.2 Å². The zero-order valence-electron chi connectivity index (χ0n) is 22.0. The van der Waals surface area contributed by atoms with E-state index in [1.165, 1.54) is 11.0 Å². The third-order valence-corrected chi connectivity index (χ3v) is 7.49. The lowest BCUT2D eigenvalue weighted by Gasteiger charge is -2.30. The third-order valence-electron chi connectivity index (χ3n) is 6.80. The van der Waals surface area contributed by atoms with Gasteiger partial charge in [-0.2, -0.15) is 0 Å². The fraction of sp³-hybridized carbons (Fsp3) is 0.129. The second kappa shape index (κ2) is 11.1. The molecule has 1 fully saturated rings. The Morgan fingerprint density at radius 2 is 1.73 bits per heavy atom. The van der Waals surface area contributed by atoms with Crippen LogP contribution < -0.4 is 15.0 Å². The second-order valence-electron chi connectivity index (χ2n) is 9.38. The normalized spacial score (nSPS) is 14.6. The number of carbonyl (C=O) groups is 2. The maximum atomic E-state index is 13.9. The van der Waals surface area contributed by atoms with Crippen LogP contribution in [0.3, 0.4) is 0 Å². The fourth-order valence-electron chi connectivity index (χ4n) is 4.67. The Bertz CT molecular complexity index is 1690. The molecule has 1 saturated heterocycles. The standard InChI is InChI=1S/C31H25ClFN3O3S/c1-18-15-22(16-25-29(37)34-31(40)36(30(25)38)28-10-6-8-26(32)19(28)2)20(3)35(18)23-11-13-24(14-12-23)39-17-21-7-4-5-9-27(21)33/h4-16H,17H2,1-3H3,(H,34,37,40)/b25-16+. The van der Waals surface area contributed by atoms with Crippen molar-refractivity contribution in [2.45, 2.75) is 27.4 Å². The third kappa shape index (κ3) is 5.15. The van der Waals surface area contributed by atoms with Crippen LogP contribution >= 0.6 is 23.8 Å². The molecule has 202 valence electrons. The minimum atomic E-state index is -0.563. The van der Waals surface area contributed by atoms with E-state index in [0.29, 0.717) is 33.1 Å². The molecule has 0 radical (unpaired) electrons. The smallest absolute Gasteiger partial charge is 0.270 e. The Kier molecular flexibility index (Phi) is 7.56. The first-order valence-corrected chi connectivity index (χ1v) is 13.3. The van der Waals surface area contributed by atoms with E-state index in [2.05, 4.69) is 5.32 Å². The quantitative estimate of drug-likeness (QED) is 0.160. The first-order valence-electron chi connectivity index (χ1n) is 12.5. The molecule has 0 saturated carbocycles. The highest BCUT2D eigenvalue weighted by molar-refractivity contribution is 7.80. The number of rotatable bonds is 6. The highest BCUT2D eigenvalue weighted by Gasteiger charge is 2.35. The van der Waals surface area contributed by atoms with Gasteiger partial charge < -0.3 is 9.30 Å². The second-order valence-corrected chi connectivity index (χ2v) is 10.2. The van der Waals surface area contributed by atoms with Gasteiger partial charge in [0.1, 0.15) is 23.7 Å². The maximum absolute atomic E-state index is 13.9. The molecule has 0 spiro atoms. The van der Waals surface area contributed by atoms with Gasteiger partial charge in [-0.05, 0) is 98.7 Å². The van der Waals surface area contributed by atoms with Gasteiger partial charge in [-0.3, -0.25) is 19.8 Å². The summed E-state index contributed by atoms with van der Waals surface area (Å²) in [6.45, 7) is 5.77. The maximum Gasteiger partial charge on any atom is 0.270 e. The Labute approximate surface area is 241 Å². The van der Waals surface area contributed by atoms with Gasteiger partial charge in [0, 0.05) is 27.7 Å². The molecule has 0 aliphatic carbocycles. The first kappa shape index (κ1) is 27.3. The minimum absolute atomic E-state index is 0.000278. The van der Waals surface area contributed by atoms with E-state index in [-0.39, 0.29) is 23.1 Å². The number of halogens is 2. The van der Waals surface area contributed by atoms with Crippen molar-refractivity contribution in [2.24, 2.45) is 0 Å². The van der Waals surface area contributed by atoms with Gasteiger partial charge in [0.15, 0.2) is 5.11 Å². The number of aromatic nitrogens is 1. The van der Waals surface area contributed by atoms with E-state index in [4.69, 9.17) is 28.6 Å². The number of hydrogen-bond donors (Lipinski definition) is 1. The lowest BCUT2D eigenvalue weighted by Crippen LogP contribution is -2.54. The van der Waals surface area contributed by atoms with Crippen molar-refractivity contribution in [1.29, 1.82) is 0 Å². The van der Waals surface area contributed by atoms with Gasteiger partial charge in [0.05, 0.1) is 5.69 Å². The summed E-state index contributed by atoms with van der Waals surface area (Å²) in [6, 6.07) is 21.0. The molecule has 0 atom stereocenters. The summed E-state index contributed by atoms with van der Waals surface area (Å²) in [5.74, 6) is -0.793. The topological polar surface area (TPSA) is 63.6 Å². The highest BCUT2D eigenvalue weighted by Crippen LogP contribution is 2.31. The fourth-order valence-corrected chi connectivity index (χ4v) is 5.11. The van der Waals surface area contributed by atoms with Crippen molar-refractivity contribution >= 4 is 52.5 Å². The predicted molar refractivity (Wildman–Crippen MR) is 158 cm³/mol. The van der Waals surface area contributed by atoms with Gasteiger partial charge in [0.25, 0.3) is 11.8 Å². The molecule has 4 aromatic rings. The zero-order chi connectivity index (χ0) is 28.6. The van der Waals surface area contributed by atoms with Crippen molar-refractivity contribution in [3.05, 3.63) is 117 Å². The molecule has 1 N–H and O–H groups in total. The van der Waals surface area contributed by atoms with Crippen molar-refractivity contribution in [2.75, 3.05) is 4.90 Å². The van der Waals surface area contributed by atoms with E-state index in [1.54, 1.807) is 49.4 Å². The van der Waals surface area contributed by atoms with Gasteiger partial charge in [0.2, 0.25) is 0 Å². The van der Waals surface area contributed by atoms with Gasteiger partial charge in [-0.15, -0.1) is 0 Å². The van der Waals surface area contributed by atoms with E-state index in [1.807, 2.05) is 48.7 Å². The van der Waals surface area contributed by atoms with Crippen LogP contribution in [0.5, 0.6) is 5.75 Å². The van der Waals surface area contributed by atoms with Crippen LogP contribution in [0, 0.1) is 26.6 Å². The number of nitrogens with one attached hydrogen (secondary N) is 1. The molecular formula is C31H25ClFN3O3S. The summed E-state index contributed by atoms with van der Waals surface area (Å²) >= 11 is 11.6. The summed E-state index contributed by atoms with van der Waals surface area (Å²) in [4.78, 5) is 27.7. The number of aryl methyl sites for hydroxylation is 1. The van der Waals surface area contributed by atoms with Crippen LogP contribution in [0.1, 0.15) is 28.1 Å². The Balaban J connectivity index is 1.42. The molecule has 0 bridgehead atoms. The lowest BCUT2D eigenvalue weighted by atomic mass is 10.1. The average Bonchev–Trinajstić information content (AvgIpc) is 3.21. The number of thiocarbonyl (C=S) groups is 1. The predicted octanol–water partition coefficient (Wildman–Crippen LogP) is 6.61.